The van der Waals surface area contributed by atoms with Crippen LogP contribution in [0.4, 0.5) is 0 Å². The van der Waals surface area contributed by atoms with Crippen LogP contribution in [-0.4, -0.2) is 158 Å². The van der Waals surface area contributed by atoms with Crippen LogP contribution in [0, 0.1) is 12.3 Å². The SMILES string of the molecule is C#CCCC(=O)c1ccc(C(Oc2ccc(C=NCC(=O)c3ccc(O[C@@H]4O[C@H](CO)[C@H](O)C(O)C4O)cc3)cc2)Oc2ccc(C=NCC(=O)c3ccc(O[C@@H]4OC(CO)[C@H](O)[C@H](O)C4O)cc3)cc2)cc1. The van der Waals surface area contributed by atoms with Crippen molar-refractivity contribution in [1.82, 2.24) is 0 Å². The maximum absolute atomic E-state index is 12.9. The van der Waals surface area contributed by atoms with E-state index in [0.29, 0.717) is 51.3 Å². The topological polar surface area (TPSA) is 293 Å². The molecule has 0 aliphatic carbocycles. The van der Waals surface area contributed by atoms with E-state index in [4.69, 9.17) is 34.8 Å². The van der Waals surface area contributed by atoms with Gasteiger partial charge in [0.15, 0.2) is 17.3 Å². The lowest BCUT2D eigenvalue weighted by Crippen LogP contribution is -2.60. The molecule has 0 saturated carbocycles. The minimum Gasteiger partial charge on any atom is -0.462 e. The third-order valence-electron chi connectivity index (χ3n) is 11.8. The Labute approximate surface area is 419 Å². The number of hydrogen-bond donors (Lipinski definition) is 8. The van der Waals surface area contributed by atoms with Crippen molar-refractivity contribution in [1.29, 1.82) is 0 Å². The zero-order valence-electron chi connectivity index (χ0n) is 39.0. The molecule has 11 atom stereocenters. The number of rotatable bonds is 22. The van der Waals surface area contributed by atoms with Crippen molar-refractivity contribution in [2.75, 3.05) is 26.3 Å². The second-order valence-corrected chi connectivity index (χ2v) is 16.9. The molecule has 2 saturated heterocycles. The molecule has 0 aromatic heterocycles. The average molecular weight is 1000 g/mol. The van der Waals surface area contributed by atoms with Crippen LogP contribution in [0.5, 0.6) is 23.0 Å². The van der Waals surface area contributed by atoms with Crippen molar-refractivity contribution >= 4 is 29.8 Å². The fourth-order valence-electron chi connectivity index (χ4n) is 7.52. The van der Waals surface area contributed by atoms with E-state index in [1.807, 2.05) is 0 Å². The highest BCUT2D eigenvalue weighted by Gasteiger charge is 2.46. The van der Waals surface area contributed by atoms with Gasteiger partial charge in [-0.3, -0.25) is 24.4 Å². The number of nitrogens with zero attached hydrogens (tertiary/aromatic N) is 2. The zero-order chi connectivity index (χ0) is 52.0. The van der Waals surface area contributed by atoms with Crippen molar-refractivity contribution in [2.24, 2.45) is 9.98 Å². The number of carbonyl (C=O) groups is 3. The molecule has 5 aromatic carbocycles. The van der Waals surface area contributed by atoms with E-state index < -0.39 is 80.9 Å². The van der Waals surface area contributed by atoms with Gasteiger partial charge in [0.05, 0.1) is 13.2 Å². The van der Waals surface area contributed by atoms with Gasteiger partial charge in [-0.25, -0.2) is 0 Å². The molecule has 19 heteroatoms. The molecule has 0 radical (unpaired) electrons. The summed E-state index contributed by atoms with van der Waals surface area (Å²) in [5.41, 5.74) is 3.10. The largest absolute Gasteiger partial charge is 0.462 e. The van der Waals surface area contributed by atoms with Crippen LogP contribution in [-0.2, 0) is 9.47 Å². The zero-order valence-corrected chi connectivity index (χ0v) is 39.0. The Morgan fingerprint density at radius 2 is 0.890 bits per heavy atom. The number of aliphatic hydroxyl groups excluding tert-OH is 8. The Hall–Kier alpha value is -7.19. The molecule has 5 aromatic rings. The molecule has 2 aliphatic heterocycles. The Balaban J connectivity index is 0.935. The molecule has 5 unspecified atom stereocenters. The van der Waals surface area contributed by atoms with Crippen molar-refractivity contribution in [3.8, 4) is 35.3 Å². The van der Waals surface area contributed by atoms with Gasteiger partial charge in [0.1, 0.15) is 84.9 Å². The maximum atomic E-state index is 12.9. The number of carbonyl (C=O) groups excluding carboxylic acids is 3. The van der Waals surface area contributed by atoms with Gasteiger partial charge in [0, 0.05) is 47.5 Å². The molecule has 382 valence electrons. The number of aliphatic hydroxyl groups is 8. The molecule has 0 amide bonds. The Kier molecular flexibility index (Phi) is 18.7. The van der Waals surface area contributed by atoms with Gasteiger partial charge in [-0.05, 0) is 108 Å². The number of ketones is 3. The summed E-state index contributed by atoms with van der Waals surface area (Å²) in [4.78, 5) is 47.1. The van der Waals surface area contributed by atoms with Gasteiger partial charge in [-0.1, -0.05) is 24.3 Å². The van der Waals surface area contributed by atoms with Gasteiger partial charge < -0.3 is 69.3 Å². The van der Waals surface area contributed by atoms with Crippen LogP contribution >= 0.6 is 0 Å². The Bertz CT molecular complexity index is 2550. The molecule has 73 heavy (non-hydrogen) atoms. The molecule has 2 aliphatic rings. The predicted octanol–water partition coefficient (Wildman–Crippen LogP) is 2.40. The number of terminal acetylenes is 1. The van der Waals surface area contributed by atoms with E-state index in [-0.39, 0.29) is 48.4 Å². The van der Waals surface area contributed by atoms with Crippen molar-refractivity contribution in [3.63, 3.8) is 0 Å². The predicted molar refractivity (Wildman–Crippen MR) is 261 cm³/mol. The minimum atomic E-state index is -1.60. The van der Waals surface area contributed by atoms with E-state index in [1.54, 1.807) is 72.8 Å². The first-order valence-corrected chi connectivity index (χ1v) is 23.1. The maximum Gasteiger partial charge on any atom is 0.267 e. The Morgan fingerprint density at radius 3 is 1.27 bits per heavy atom. The summed E-state index contributed by atoms with van der Waals surface area (Å²) in [6.45, 7) is -1.54. The fourth-order valence-corrected chi connectivity index (χ4v) is 7.52. The second kappa shape index (κ2) is 25.5. The van der Waals surface area contributed by atoms with Gasteiger partial charge in [0.25, 0.3) is 6.29 Å². The van der Waals surface area contributed by atoms with E-state index >= 15 is 0 Å². The summed E-state index contributed by atoms with van der Waals surface area (Å²) < 4.78 is 34.6. The summed E-state index contributed by atoms with van der Waals surface area (Å²) in [6, 6.07) is 32.5. The van der Waals surface area contributed by atoms with Crippen LogP contribution in [0.2, 0.25) is 0 Å². The highest BCUT2D eigenvalue weighted by Crippen LogP contribution is 2.29. The lowest BCUT2D eigenvalue weighted by atomic mass is 9.99. The third kappa shape index (κ3) is 14.1. The van der Waals surface area contributed by atoms with Crippen molar-refractivity contribution in [3.05, 3.63) is 155 Å². The summed E-state index contributed by atoms with van der Waals surface area (Å²) in [5.74, 6) is 3.09. The highest BCUT2D eigenvalue weighted by molar-refractivity contribution is 5.99. The number of Topliss-reactive ketones (excluding diaryl/α,β-unsaturated/α-hetero) is 3. The minimum absolute atomic E-state index is 0.101. The summed E-state index contributed by atoms with van der Waals surface area (Å²) in [6.07, 6.45) is -6.44. The van der Waals surface area contributed by atoms with Gasteiger partial charge in [-0.2, -0.15) is 0 Å². The smallest absolute Gasteiger partial charge is 0.267 e. The van der Waals surface area contributed by atoms with Gasteiger partial charge in [-0.15, -0.1) is 12.3 Å². The van der Waals surface area contributed by atoms with E-state index in [0.717, 1.165) is 0 Å². The van der Waals surface area contributed by atoms with Gasteiger partial charge in [0.2, 0.25) is 12.6 Å². The quantitative estimate of drug-likeness (QED) is 0.0214. The molecule has 8 N–H and O–H groups in total. The average Bonchev–Trinajstić information content (AvgIpc) is 3.41. The molecule has 2 fully saturated rings. The number of hydrogen-bond acceptors (Lipinski definition) is 19. The molecule has 2 heterocycles. The number of aliphatic imine (C=N–C) groups is 2. The first kappa shape index (κ1) is 53.6. The normalized spacial score (nSPS) is 24.4. The molecule has 7 rings (SSSR count). The molecule has 0 spiro atoms. The summed E-state index contributed by atoms with van der Waals surface area (Å²) >= 11 is 0. The lowest BCUT2D eigenvalue weighted by molar-refractivity contribution is -0.277. The van der Waals surface area contributed by atoms with Crippen LogP contribution < -0.4 is 18.9 Å². The first-order chi connectivity index (χ1) is 35.2. The van der Waals surface area contributed by atoms with Crippen molar-refractivity contribution in [2.45, 2.75) is 80.5 Å². The van der Waals surface area contributed by atoms with E-state index in [2.05, 4.69) is 15.9 Å². The lowest BCUT2D eigenvalue weighted by Gasteiger charge is -2.39. The van der Waals surface area contributed by atoms with Crippen LogP contribution in [0.15, 0.2) is 131 Å². The van der Waals surface area contributed by atoms with E-state index in [9.17, 15) is 55.2 Å². The first-order valence-electron chi connectivity index (χ1n) is 23.1. The van der Waals surface area contributed by atoms with Crippen LogP contribution in [0.1, 0.15) is 66.9 Å². The number of benzene rings is 5. The molecule has 0 bridgehead atoms. The molecular weight excluding hydrogens is 949 g/mol. The molecular formula is C54H54N2O17. The fraction of sp³-hybridized carbons (Fsp3) is 0.315. The molecule has 19 nitrogen and oxygen atoms in total. The summed E-state index contributed by atoms with van der Waals surface area (Å²) in [7, 11) is 0. The Morgan fingerprint density at radius 1 is 0.521 bits per heavy atom. The second-order valence-electron chi connectivity index (χ2n) is 16.9. The third-order valence-corrected chi connectivity index (χ3v) is 11.8. The van der Waals surface area contributed by atoms with Crippen molar-refractivity contribution < 1.29 is 83.7 Å². The van der Waals surface area contributed by atoms with E-state index in [1.165, 1.54) is 61.0 Å². The number of ether oxygens (including phenoxy) is 6. The van der Waals surface area contributed by atoms with Gasteiger partial charge >= 0.3 is 0 Å². The monoisotopic (exact) mass is 1000 g/mol. The highest BCUT2D eigenvalue weighted by atomic mass is 16.7. The van der Waals surface area contributed by atoms with Crippen LogP contribution in [0.25, 0.3) is 0 Å². The summed E-state index contributed by atoms with van der Waals surface area (Å²) in [5, 5.41) is 79.4. The van der Waals surface area contributed by atoms with Crippen LogP contribution in [0.3, 0.4) is 0 Å². The standard InChI is InChI=1S/C54H54N2O17/c1-2-3-4-41(59)33-9-11-36(12-10-33)52(68-37-17-5-31(6-18-37)25-55-27-42(60)34-13-21-39(22-14-34)70-53-50(66)48(64)46(62)44(29-57)72-53)69-38-19-7-32(8-20-38)26-56-28-43(61)35-15-23-40(24-16-35)71-54-51(67)49(65)47(63)45(30-58)73-54/h1,5-26,44-54,57-58,62-67H,3-4,27-30H2/t44-,45?,46+,47+,48?,49+,50?,51?,52?,53-,54-/m1/s1.